The second-order valence-electron chi connectivity index (χ2n) is 11.0. The van der Waals surface area contributed by atoms with Crippen LogP contribution in [0.2, 0.25) is 0 Å². The minimum atomic E-state index is 0. The van der Waals surface area contributed by atoms with E-state index in [1.807, 2.05) is 42.5 Å². The van der Waals surface area contributed by atoms with Gasteiger partial charge >= 0.3 is 29.6 Å². The fourth-order valence-corrected chi connectivity index (χ4v) is 6.76. The molecule has 0 unspecified atom stereocenters. The fraction of sp³-hybridized carbons (Fsp3) is 0. The molecule has 3 heteroatoms. The molecule has 10 rings (SSSR count). The van der Waals surface area contributed by atoms with Crippen LogP contribution in [0.5, 0.6) is 0 Å². The molecule has 10 aromatic rings. The van der Waals surface area contributed by atoms with Gasteiger partial charge in [-0.05, 0) is 51.3 Å². The van der Waals surface area contributed by atoms with Gasteiger partial charge in [-0.2, -0.15) is 72.8 Å². The van der Waals surface area contributed by atoms with E-state index in [2.05, 4.69) is 126 Å². The van der Waals surface area contributed by atoms with E-state index < -0.39 is 0 Å². The summed E-state index contributed by atoms with van der Waals surface area (Å²) < 4.78 is 8.73. The third-order valence-corrected chi connectivity index (χ3v) is 8.58. The van der Waals surface area contributed by atoms with E-state index in [0.29, 0.717) is 0 Å². The fourth-order valence-electron chi connectivity index (χ4n) is 6.76. The molecule has 2 nitrogen and oxygen atoms in total. The number of rotatable bonds is 2. The van der Waals surface area contributed by atoms with Crippen molar-refractivity contribution in [2.24, 2.45) is 0 Å². The van der Waals surface area contributed by atoms with Crippen molar-refractivity contribution in [1.82, 2.24) is 4.57 Å². The molecular formula is C42H24NNaO-2. The summed E-state index contributed by atoms with van der Waals surface area (Å²) in [6.07, 6.45) is 0. The molecule has 0 radical (unpaired) electrons. The number of aromatic nitrogens is 1. The van der Waals surface area contributed by atoms with Gasteiger partial charge in [-0.1, -0.05) is 60.0 Å². The third kappa shape index (κ3) is 4.37. The molecule has 0 N–H and O–H groups in total. The summed E-state index contributed by atoms with van der Waals surface area (Å²) in [5.74, 6) is 0. The quantitative estimate of drug-likeness (QED) is 0.114. The maximum Gasteiger partial charge on any atom is 1.00 e. The Morgan fingerprint density at radius 2 is 1.13 bits per heavy atom. The van der Waals surface area contributed by atoms with Gasteiger partial charge in [-0.15, -0.1) is 12.1 Å². The molecule has 2 aromatic heterocycles. The van der Waals surface area contributed by atoms with Gasteiger partial charge in [-0.25, -0.2) is 11.1 Å². The molecular weight excluding hydrogens is 557 g/mol. The second-order valence-corrected chi connectivity index (χ2v) is 11.0. The Bertz CT molecular complexity index is 2570. The standard InChI is InChI=1S/C36H19NO.C6H5.Na/c1-2-9-22(10-3-1)23-19-20-25-24-11-4-5-15-29(24)37(31(25)21-23)30-16-6-12-26-27-13-7-17-32-35(27)36-28(34(26)30)14-8-18-33(36)38-32;1-2-4-6-5-3-1;/h1-9,11-18,20-21H;1-5H;/q-2;-1;+1. The SMILES string of the molecule is [Na+].[c-]1ccccc1.[c-]1ccccc1-c1[c-]cc2c3ccccc3n(-c3cccc4c5cccc6oc7cccc(c34)c7c65)c2c1. The predicted octanol–water partition coefficient (Wildman–Crippen LogP) is 8.19. The van der Waals surface area contributed by atoms with Gasteiger partial charge in [0.1, 0.15) is 11.2 Å². The van der Waals surface area contributed by atoms with Crippen LogP contribution in [0.3, 0.4) is 0 Å². The van der Waals surface area contributed by atoms with Crippen molar-refractivity contribution in [3.8, 4) is 16.8 Å². The van der Waals surface area contributed by atoms with E-state index in [0.717, 1.165) is 27.8 Å². The Labute approximate surface area is 282 Å². The van der Waals surface area contributed by atoms with Gasteiger partial charge in [0.2, 0.25) is 0 Å². The Hall–Kier alpha value is -4.86. The van der Waals surface area contributed by atoms with E-state index in [9.17, 15) is 0 Å². The molecule has 0 fully saturated rings. The van der Waals surface area contributed by atoms with E-state index in [1.165, 1.54) is 54.3 Å². The van der Waals surface area contributed by atoms with Crippen molar-refractivity contribution in [1.29, 1.82) is 0 Å². The minimum Gasteiger partial charge on any atom is -0.456 e. The van der Waals surface area contributed by atoms with Crippen LogP contribution in [0.15, 0.2) is 150 Å². The normalized spacial score (nSPS) is 11.4. The predicted molar refractivity (Wildman–Crippen MR) is 183 cm³/mol. The number of hydrogen-bond acceptors (Lipinski definition) is 1. The molecule has 45 heavy (non-hydrogen) atoms. The topological polar surface area (TPSA) is 18.1 Å². The monoisotopic (exact) mass is 581 g/mol. The van der Waals surface area contributed by atoms with Gasteiger partial charge in [0.05, 0.1) is 5.69 Å². The number of nitrogens with zero attached hydrogens (tertiary/aromatic N) is 1. The van der Waals surface area contributed by atoms with E-state index in [1.54, 1.807) is 0 Å². The number of para-hydroxylation sites is 1. The van der Waals surface area contributed by atoms with Crippen molar-refractivity contribution in [3.05, 3.63) is 164 Å². The maximum atomic E-state index is 6.31. The van der Waals surface area contributed by atoms with Crippen LogP contribution >= 0.6 is 0 Å². The van der Waals surface area contributed by atoms with Crippen molar-refractivity contribution >= 4 is 65.3 Å². The second kappa shape index (κ2) is 11.3. The molecule has 206 valence electrons. The first-order chi connectivity index (χ1) is 21.9. The summed E-state index contributed by atoms with van der Waals surface area (Å²) in [7, 11) is 0. The summed E-state index contributed by atoms with van der Waals surface area (Å²) in [5.41, 5.74) is 7.47. The summed E-state index contributed by atoms with van der Waals surface area (Å²) >= 11 is 0. The van der Waals surface area contributed by atoms with Crippen LogP contribution in [0, 0.1) is 18.2 Å². The third-order valence-electron chi connectivity index (χ3n) is 8.58. The van der Waals surface area contributed by atoms with Gasteiger partial charge in [0, 0.05) is 21.7 Å². The Morgan fingerprint density at radius 3 is 1.87 bits per heavy atom. The summed E-state index contributed by atoms with van der Waals surface area (Å²) in [6.45, 7) is 0. The minimum absolute atomic E-state index is 0. The molecule has 0 spiro atoms. The number of furan rings is 1. The number of hydrogen-bond donors (Lipinski definition) is 0. The van der Waals surface area contributed by atoms with Crippen LogP contribution in [-0.2, 0) is 0 Å². The summed E-state index contributed by atoms with van der Waals surface area (Å²) in [5, 5.41) is 9.75. The Balaban J connectivity index is 0.000000389. The van der Waals surface area contributed by atoms with E-state index in [-0.39, 0.29) is 29.6 Å². The molecule has 0 atom stereocenters. The summed E-state index contributed by atoms with van der Waals surface area (Å²) in [6, 6.07) is 60.1. The van der Waals surface area contributed by atoms with Crippen LogP contribution in [0.1, 0.15) is 0 Å². The van der Waals surface area contributed by atoms with Crippen LogP contribution in [0.4, 0.5) is 0 Å². The van der Waals surface area contributed by atoms with Gasteiger partial charge < -0.3 is 8.98 Å². The molecule has 8 aromatic carbocycles. The first-order valence-corrected chi connectivity index (χ1v) is 14.8. The van der Waals surface area contributed by atoms with Gasteiger partial charge in [0.15, 0.2) is 0 Å². The zero-order chi connectivity index (χ0) is 29.0. The van der Waals surface area contributed by atoms with Crippen molar-refractivity contribution < 1.29 is 34.0 Å². The molecule has 0 bridgehead atoms. The molecule has 0 saturated carbocycles. The molecule has 0 aliphatic carbocycles. The molecule has 0 aliphatic heterocycles. The van der Waals surface area contributed by atoms with Crippen molar-refractivity contribution in [2.75, 3.05) is 0 Å². The zero-order valence-corrected chi connectivity index (χ0v) is 26.7. The maximum absolute atomic E-state index is 6.31. The molecule has 0 aliphatic rings. The van der Waals surface area contributed by atoms with Gasteiger partial charge in [-0.3, -0.25) is 0 Å². The average Bonchev–Trinajstić information content (AvgIpc) is 3.65. The number of fused-ring (bicyclic) bond motifs is 6. The molecule has 2 heterocycles. The zero-order valence-electron chi connectivity index (χ0n) is 24.7. The van der Waals surface area contributed by atoms with Gasteiger partial charge in [0.25, 0.3) is 0 Å². The smallest absolute Gasteiger partial charge is 0.456 e. The first-order valence-electron chi connectivity index (χ1n) is 14.8. The first kappa shape index (κ1) is 27.7. The molecule has 0 saturated heterocycles. The van der Waals surface area contributed by atoms with Crippen molar-refractivity contribution in [2.45, 2.75) is 0 Å². The summed E-state index contributed by atoms with van der Waals surface area (Å²) in [4.78, 5) is 0. The Kier molecular flexibility index (Phi) is 6.92. The average molecular weight is 582 g/mol. The van der Waals surface area contributed by atoms with Crippen LogP contribution < -0.4 is 29.6 Å². The Morgan fingerprint density at radius 1 is 0.467 bits per heavy atom. The van der Waals surface area contributed by atoms with E-state index >= 15 is 0 Å². The molecule has 0 amide bonds. The van der Waals surface area contributed by atoms with Crippen molar-refractivity contribution in [3.63, 3.8) is 0 Å². The van der Waals surface area contributed by atoms with Crippen LogP contribution in [0.25, 0.3) is 82.1 Å². The number of benzene rings is 8. The van der Waals surface area contributed by atoms with Crippen LogP contribution in [-0.4, -0.2) is 4.57 Å². The largest absolute Gasteiger partial charge is 1.00 e. The van der Waals surface area contributed by atoms with E-state index in [4.69, 9.17) is 4.42 Å².